The van der Waals surface area contributed by atoms with E-state index in [0.717, 1.165) is 30.5 Å². The van der Waals surface area contributed by atoms with Crippen molar-refractivity contribution in [1.29, 1.82) is 0 Å². The number of likely N-dealkylation sites (tertiary alicyclic amines) is 1. The Hall–Kier alpha value is -0.800. The molecular formula is C18H32N2O. The van der Waals surface area contributed by atoms with E-state index in [9.17, 15) is 0 Å². The molecule has 1 aliphatic rings. The first-order valence-electron chi connectivity index (χ1n) is 8.51. The van der Waals surface area contributed by atoms with Crippen molar-refractivity contribution in [2.75, 3.05) is 13.1 Å². The summed E-state index contributed by atoms with van der Waals surface area (Å²) in [6.45, 7) is 13.0. The molecule has 1 saturated heterocycles. The highest BCUT2D eigenvalue weighted by Crippen LogP contribution is 2.23. The van der Waals surface area contributed by atoms with E-state index >= 15 is 0 Å². The van der Waals surface area contributed by atoms with Crippen LogP contribution in [0.25, 0.3) is 0 Å². The van der Waals surface area contributed by atoms with Crippen LogP contribution in [0.4, 0.5) is 0 Å². The van der Waals surface area contributed by atoms with Crippen LogP contribution >= 0.6 is 0 Å². The van der Waals surface area contributed by atoms with Gasteiger partial charge >= 0.3 is 0 Å². The van der Waals surface area contributed by atoms with E-state index in [4.69, 9.17) is 4.42 Å². The number of nitrogens with zero attached hydrogens (tertiary/aromatic N) is 1. The maximum absolute atomic E-state index is 5.95. The van der Waals surface area contributed by atoms with Gasteiger partial charge in [0, 0.05) is 5.54 Å². The summed E-state index contributed by atoms with van der Waals surface area (Å²) < 4.78 is 5.95. The second-order valence-electron chi connectivity index (χ2n) is 7.48. The first kappa shape index (κ1) is 16.6. The second-order valence-corrected chi connectivity index (χ2v) is 7.48. The van der Waals surface area contributed by atoms with Crippen molar-refractivity contribution in [3.63, 3.8) is 0 Å². The van der Waals surface area contributed by atoms with Crippen molar-refractivity contribution in [3.8, 4) is 0 Å². The van der Waals surface area contributed by atoms with Gasteiger partial charge in [-0.25, -0.2) is 0 Å². The summed E-state index contributed by atoms with van der Waals surface area (Å²) in [5, 5.41) is 3.47. The minimum Gasteiger partial charge on any atom is -0.463 e. The maximum Gasteiger partial charge on any atom is 0.118 e. The van der Waals surface area contributed by atoms with Gasteiger partial charge in [-0.15, -0.1) is 0 Å². The van der Waals surface area contributed by atoms with Crippen molar-refractivity contribution in [2.45, 2.75) is 72.0 Å². The molecule has 3 heteroatoms. The van der Waals surface area contributed by atoms with Crippen molar-refractivity contribution in [2.24, 2.45) is 5.92 Å². The van der Waals surface area contributed by atoms with E-state index in [1.54, 1.807) is 0 Å². The lowest BCUT2D eigenvalue weighted by molar-refractivity contribution is 0.160. The van der Waals surface area contributed by atoms with Crippen LogP contribution in [0, 0.1) is 5.92 Å². The maximum atomic E-state index is 5.95. The topological polar surface area (TPSA) is 28.4 Å². The number of piperidine rings is 1. The van der Waals surface area contributed by atoms with E-state index in [2.05, 4.69) is 50.0 Å². The summed E-state index contributed by atoms with van der Waals surface area (Å²) in [5.41, 5.74) is 0.133. The van der Waals surface area contributed by atoms with E-state index < -0.39 is 0 Å². The largest absolute Gasteiger partial charge is 0.463 e. The van der Waals surface area contributed by atoms with Crippen molar-refractivity contribution in [1.82, 2.24) is 10.2 Å². The molecule has 1 aromatic rings. The highest BCUT2D eigenvalue weighted by atomic mass is 16.3. The molecule has 2 rings (SSSR count). The third-order valence-electron chi connectivity index (χ3n) is 4.29. The predicted molar refractivity (Wildman–Crippen MR) is 88.2 cm³/mol. The molecule has 0 aliphatic carbocycles. The van der Waals surface area contributed by atoms with Crippen LogP contribution in [0.1, 0.15) is 64.9 Å². The second kappa shape index (κ2) is 7.46. The zero-order valence-corrected chi connectivity index (χ0v) is 14.2. The average molecular weight is 292 g/mol. The molecule has 0 amide bonds. The highest BCUT2D eigenvalue weighted by Gasteiger charge is 2.19. The summed E-state index contributed by atoms with van der Waals surface area (Å²) >= 11 is 0. The molecule has 0 spiro atoms. The van der Waals surface area contributed by atoms with Crippen LogP contribution in [-0.4, -0.2) is 23.5 Å². The van der Waals surface area contributed by atoms with Crippen LogP contribution < -0.4 is 5.32 Å². The van der Waals surface area contributed by atoms with E-state index in [1.807, 2.05) is 0 Å². The highest BCUT2D eigenvalue weighted by molar-refractivity contribution is 5.07. The number of rotatable bonds is 6. The van der Waals surface area contributed by atoms with Crippen LogP contribution in [0.5, 0.6) is 0 Å². The van der Waals surface area contributed by atoms with Gasteiger partial charge < -0.3 is 9.73 Å². The molecule has 120 valence electrons. The smallest absolute Gasteiger partial charge is 0.118 e. The lowest BCUT2D eigenvalue weighted by atomic mass is 9.92. The molecule has 3 nitrogen and oxygen atoms in total. The molecule has 0 unspecified atom stereocenters. The van der Waals surface area contributed by atoms with Gasteiger partial charge in [-0.05, 0) is 64.8 Å². The van der Waals surface area contributed by atoms with Crippen molar-refractivity contribution in [3.05, 3.63) is 23.7 Å². The lowest BCUT2D eigenvalue weighted by Gasteiger charge is -2.31. The van der Waals surface area contributed by atoms with Gasteiger partial charge in [0.25, 0.3) is 0 Å². The zero-order valence-electron chi connectivity index (χ0n) is 14.2. The SMILES string of the molecule is CCCC1CCN(Cc2ccc(CNC(C)(C)C)o2)CC1. The fourth-order valence-electron chi connectivity index (χ4n) is 3.02. The average Bonchev–Trinajstić information content (AvgIpc) is 2.86. The first-order valence-corrected chi connectivity index (χ1v) is 8.51. The molecule has 1 fully saturated rings. The molecule has 2 heterocycles. The Bertz CT molecular complexity index is 411. The Kier molecular flexibility index (Phi) is 5.88. The molecule has 0 saturated carbocycles. The Morgan fingerprint density at radius 3 is 2.48 bits per heavy atom. The van der Waals surface area contributed by atoms with Gasteiger partial charge in [-0.3, -0.25) is 4.90 Å². The van der Waals surface area contributed by atoms with E-state index in [1.165, 1.54) is 38.8 Å². The molecule has 1 N–H and O–H groups in total. The standard InChI is InChI=1S/C18H32N2O/c1-5-6-15-9-11-20(12-10-15)14-17-8-7-16(21-17)13-19-18(2,3)4/h7-8,15,19H,5-6,9-14H2,1-4H3. The molecule has 0 bridgehead atoms. The summed E-state index contributed by atoms with van der Waals surface area (Å²) in [6, 6.07) is 4.25. The molecule has 0 aromatic carbocycles. The molecule has 21 heavy (non-hydrogen) atoms. The van der Waals surface area contributed by atoms with Gasteiger partial charge in [-0.1, -0.05) is 19.8 Å². The minimum atomic E-state index is 0.133. The number of hydrogen-bond donors (Lipinski definition) is 1. The minimum absolute atomic E-state index is 0.133. The third kappa shape index (κ3) is 5.84. The van der Waals surface area contributed by atoms with Crippen LogP contribution in [-0.2, 0) is 13.1 Å². The molecule has 1 aliphatic heterocycles. The Balaban J connectivity index is 1.75. The Labute approximate surface area is 130 Å². The molecule has 0 atom stereocenters. The van der Waals surface area contributed by atoms with Gasteiger partial charge in [-0.2, -0.15) is 0 Å². The van der Waals surface area contributed by atoms with E-state index in [-0.39, 0.29) is 5.54 Å². The number of nitrogens with one attached hydrogen (secondary N) is 1. The summed E-state index contributed by atoms with van der Waals surface area (Å²) in [6.07, 6.45) is 5.43. The molecule has 1 aromatic heterocycles. The molecular weight excluding hydrogens is 260 g/mol. The van der Waals surface area contributed by atoms with Gasteiger partial charge in [0.15, 0.2) is 0 Å². The number of furan rings is 1. The Morgan fingerprint density at radius 1 is 1.19 bits per heavy atom. The summed E-state index contributed by atoms with van der Waals surface area (Å²) in [7, 11) is 0. The molecule has 0 radical (unpaired) electrons. The monoisotopic (exact) mass is 292 g/mol. The van der Waals surface area contributed by atoms with Gasteiger partial charge in [0.2, 0.25) is 0 Å². The van der Waals surface area contributed by atoms with Crippen LogP contribution in [0.2, 0.25) is 0 Å². The Morgan fingerprint density at radius 2 is 1.86 bits per heavy atom. The van der Waals surface area contributed by atoms with Gasteiger partial charge in [0.1, 0.15) is 11.5 Å². The first-order chi connectivity index (χ1) is 9.96. The fraction of sp³-hybridized carbons (Fsp3) is 0.778. The predicted octanol–water partition coefficient (Wildman–Crippen LogP) is 4.18. The van der Waals surface area contributed by atoms with Crippen molar-refractivity contribution < 1.29 is 4.42 Å². The van der Waals surface area contributed by atoms with E-state index in [0.29, 0.717) is 0 Å². The van der Waals surface area contributed by atoms with Crippen molar-refractivity contribution >= 4 is 0 Å². The quantitative estimate of drug-likeness (QED) is 0.852. The summed E-state index contributed by atoms with van der Waals surface area (Å²) in [5.74, 6) is 3.10. The fourth-order valence-corrected chi connectivity index (χ4v) is 3.02. The van der Waals surface area contributed by atoms with Crippen LogP contribution in [0.3, 0.4) is 0 Å². The third-order valence-corrected chi connectivity index (χ3v) is 4.29. The number of hydrogen-bond acceptors (Lipinski definition) is 3. The lowest BCUT2D eigenvalue weighted by Crippen LogP contribution is -2.35. The van der Waals surface area contributed by atoms with Crippen LogP contribution in [0.15, 0.2) is 16.5 Å². The normalized spacial score (nSPS) is 18.3. The zero-order chi connectivity index (χ0) is 15.3. The summed E-state index contributed by atoms with van der Waals surface area (Å²) in [4.78, 5) is 2.53. The van der Waals surface area contributed by atoms with Gasteiger partial charge in [0.05, 0.1) is 13.1 Å².